The lowest BCUT2D eigenvalue weighted by molar-refractivity contribution is 0.0697. The van der Waals surface area contributed by atoms with Gasteiger partial charge in [0.1, 0.15) is 5.82 Å². The summed E-state index contributed by atoms with van der Waals surface area (Å²) in [7, 11) is 0. The molecule has 0 bridgehead atoms. The minimum Gasteiger partial charge on any atom is -0.478 e. The molecule has 0 saturated carbocycles. The van der Waals surface area contributed by atoms with Crippen molar-refractivity contribution in [2.75, 3.05) is 11.4 Å². The molecule has 6 heteroatoms. The molecule has 140 valence electrons. The molecule has 0 saturated heterocycles. The molecule has 1 aromatic heterocycles. The van der Waals surface area contributed by atoms with Crippen LogP contribution in [0.4, 0.5) is 5.69 Å². The molecule has 0 spiro atoms. The summed E-state index contributed by atoms with van der Waals surface area (Å²) in [4.78, 5) is 32.8. The molecular formula is C22H19N3O3. The first-order valence-electron chi connectivity index (χ1n) is 9.05. The maximum Gasteiger partial charge on any atom is 0.335 e. The van der Waals surface area contributed by atoms with Crippen molar-refractivity contribution in [1.29, 1.82) is 0 Å². The summed E-state index contributed by atoms with van der Waals surface area (Å²) in [6.45, 7) is 2.16. The molecule has 0 amide bonds. The fourth-order valence-corrected chi connectivity index (χ4v) is 3.94. The van der Waals surface area contributed by atoms with Crippen molar-refractivity contribution in [3.8, 4) is 12.3 Å². The number of terminal acetylenes is 1. The number of fused-ring (bicyclic) bond motifs is 2. The zero-order chi connectivity index (χ0) is 19.8. The SMILES string of the molecule is C#CCN(c1ccc(C(=O)O)cc1)[C@H]1CCc2cc3nc(C)[nH]c(=O)c3cc21. The monoisotopic (exact) mass is 373 g/mol. The summed E-state index contributed by atoms with van der Waals surface area (Å²) in [5.74, 6) is 2.33. The van der Waals surface area contributed by atoms with Crippen molar-refractivity contribution in [2.24, 2.45) is 0 Å². The zero-order valence-electron chi connectivity index (χ0n) is 15.4. The quantitative estimate of drug-likeness (QED) is 0.687. The highest BCUT2D eigenvalue weighted by atomic mass is 16.4. The van der Waals surface area contributed by atoms with Crippen LogP contribution in [-0.4, -0.2) is 27.6 Å². The fraction of sp³-hybridized carbons (Fsp3) is 0.227. The summed E-state index contributed by atoms with van der Waals surface area (Å²) >= 11 is 0. The van der Waals surface area contributed by atoms with E-state index in [9.17, 15) is 9.59 Å². The molecule has 1 aliphatic rings. The van der Waals surface area contributed by atoms with Gasteiger partial charge in [-0.05, 0) is 67.3 Å². The predicted octanol–water partition coefficient (Wildman–Crippen LogP) is 3.06. The van der Waals surface area contributed by atoms with E-state index in [2.05, 4.69) is 20.8 Å². The van der Waals surface area contributed by atoms with E-state index >= 15 is 0 Å². The Labute approximate surface area is 161 Å². The summed E-state index contributed by atoms with van der Waals surface area (Å²) in [6, 6.07) is 10.6. The van der Waals surface area contributed by atoms with Crippen LogP contribution >= 0.6 is 0 Å². The Morgan fingerprint density at radius 3 is 2.79 bits per heavy atom. The van der Waals surface area contributed by atoms with Crippen molar-refractivity contribution in [1.82, 2.24) is 9.97 Å². The van der Waals surface area contributed by atoms with E-state index in [1.165, 1.54) is 5.56 Å². The molecule has 0 aliphatic heterocycles. The molecule has 3 aromatic rings. The summed E-state index contributed by atoms with van der Waals surface area (Å²) in [5.41, 5.74) is 3.88. The van der Waals surface area contributed by atoms with Gasteiger partial charge in [0, 0.05) is 5.69 Å². The maximum atomic E-state index is 12.4. The number of aromatic carboxylic acids is 1. The molecule has 28 heavy (non-hydrogen) atoms. The van der Waals surface area contributed by atoms with Gasteiger partial charge in [0.05, 0.1) is 29.1 Å². The van der Waals surface area contributed by atoms with Gasteiger partial charge in [0.15, 0.2) is 0 Å². The van der Waals surface area contributed by atoms with Crippen LogP contribution in [0, 0.1) is 19.3 Å². The van der Waals surface area contributed by atoms with Crippen molar-refractivity contribution < 1.29 is 9.90 Å². The number of nitrogens with zero attached hydrogens (tertiary/aromatic N) is 2. The number of hydrogen-bond acceptors (Lipinski definition) is 4. The largest absolute Gasteiger partial charge is 0.478 e. The van der Waals surface area contributed by atoms with Crippen LogP contribution in [0.1, 0.15) is 39.8 Å². The number of hydrogen-bond donors (Lipinski definition) is 2. The minimum absolute atomic E-state index is 0.0202. The lowest BCUT2D eigenvalue weighted by Gasteiger charge is -2.30. The first-order chi connectivity index (χ1) is 13.5. The standard InChI is InChI=1S/C22H19N3O3/c1-3-10-25(16-7-4-14(5-8-16)22(27)28)20-9-6-15-11-19-18(12-17(15)20)21(26)24-13(2)23-19/h1,4-5,7-8,11-12,20H,6,9-10H2,2H3,(H,27,28)(H,23,24,26)/t20-/m0/s1. The van der Waals surface area contributed by atoms with Crippen molar-refractivity contribution in [2.45, 2.75) is 25.8 Å². The first-order valence-corrected chi connectivity index (χ1v) is 9.05. The van der Waals surface area contributed by atoms with Gasteiger partial charge in [0.2, 0.25) is 0 Å². The van der Waals surface area contributed by atoms with Crippen LogP contribution in [0.5, 0.6) is 0 Å². The van der Waals surface area contributed by atoms with E-state index in [-0.39, 0.29) is 17.2 Å². The topological polar surface area (TPSA) is 86.3 Å². The van der Waals surface area contributed by atoms with E-state index in [0.29, 0.717) is 23.3 Å². The summed E-state index contributed by atoms with van der Waals surface area (Å²) < 4.78 is 0. The van der Waals surface area contributed by atoms with Crippen molar-refractivity contribution >= 4 is 22.6 Å². The molecule has 4 rings (SSSR count). The Balaban J connectivity index is 1.78. The van der Waals surface area contributed by atoms with Gasteiger partial charge in [-0.25, -0.2) is 9.78 Å². The number of benzene rings is 2. The first kappa shape index (κ1) is 17.8. The highest BCUT2D eigenvalue weighted by Gasteiger charge is 2.29. The number of rotatable bonds is 4. The molecule has 1 atom stereocenters. The minimum atomic E-state index is -0.963. The Bertz CT molecular complexity index is 1170. The molecule has 0 fully saturated rings. The summed E-state index contributed by atoms with van der Waals surface area (Å²) in [5, 5.41) is 9.69. The second-order valence-electron chi connectivity index (χ2n) is 6.96. The number of carbonyl (C=O) groups is 1. The number of carboxylic acid groups (broad SMARTS) is 1. The van der Waals surface area contributed by atoms with E-state index in [1.807, 2.05) is 12.1 Å². The smallest absolute Gasteiger partial charge is 0.335 e. The highest BCUT2D eigenvalue weighted by Crippen LogP contribution is 2.39. The van der Waals surface area contributed by atoms with Crippen LogP contribution in [0.2, 0.25) is 0 Å². The Morgan fingerprint density at radius 2 is 2.11 bits per heavy atom. The number of carboxylic acids is 1. The number of anilines is 1. The molecule has 6 nitrogen and oxygen atoms in total. The number of H-pyrrole nitrogens is 1. The predicted molar refractivity (Wildman–Crippen MR) is 108 cm³/mol. The maximum absolute atomic E-state index is 12.4. The second-order valence-corrected chi connectivity index (χ2v) is 6.96. The van der Waals surface area contributed by atoms with Gasteiger partial charge >= 0.3 is 5.97 Å². The lowest BCUT2D eigenvalue weighted by atomic mass is 10.0. The van der Waals surface area contributed by atoms with Gasteiger partial charge in [0.25, 0.3) is 5.56 Å². The van der Waals surface area contributed by atoms with E-state index in [4.69, 9.17) is 11.5 Å². The van der Waals surface area contributed by atoms with E-state index in [1.54, 1.807) is 31.2 Å². The molecule has 0 unspecified atom stereocenters. The third kappa shape index (κ3) is 3.01. The van der Waals surface area contributed by atoms with Gasteiger partial charge in [-0.1, -0.05) is 5.92 Å². The average Bonchev–Trinajstić information content (AvgIpc) is 3.07. The van der Waals surface area contributed by atoms with Gasteiger partial charge in [-0.3, -0.25) is 4.79 Å². The average molecular weight is 373 g/mol. The van der Waals surface area contributed by atoms with Crippen LogP contribution < -0.4 is 10.5 Å². The summed E-state index contributed by atoms with van der Waals surface area (Å²) in [6.07, 6.45) is 7.35. The second kappa shape index (κ2) is 6.86. The van der Waals surface area contributed by atoms with E-state index < -0.39 is 5.97 Å². The number of nitrogens with one attached hydrogen (secondary N) is 1. The lowest BCUT2D eigenvalue weighted by Crippen LogP contribution is -2.28. The molecule has 1 heterocycles. The number of aromatic nitrogens is 2. The Kier molecular flexibility index (Phi) is 4.36. The molecular weight excluding hydrogens is 354 g/mol. The van der Waals surface area contributed by atoms with Gasteiger partial charge < -0.3 is 15.0 Å². The van der Waals surface area contributed by atoms with Crippen LogP contribution in [0.25, 0.3) is 10.9 Å². The van der Waals surface area contributed by atoms with Gasteiger partial charge in [-0.2, -0.15) is 0 Å². The molecule has 1 aliphatic carbocycles. The molecule has 2 N–H and O–H groups in total. The van der Waals surface area contributed by atoms with Crippen molar-refractivity contribution in [3.05, 3.63) is 69.3 Å². The van der Waals surface area contributed by atoms with Gasteiger partial charge in [-0.15, -0.1) is 6.42 Å². The third-order valence-electron chi connectivity index (χ3n) is 5.21. The van der Waals surface area contributed by atoms with Crippen LogP contribution in [-0.2, 0) is 6.42 Å². The molecule has 2 aromatic carbocycles. The van der Waals surface area contributed by atoms with Crippen LogP contribution in [0.15, 0.2) is 41.2 Å². The van der Waals surface area contributed by atoms with Crippen molar-refractivity contribution in [3.63, 3.8) is 0 Å². The third-order valence-corrected chi connectivity index (χ3v) is 5.21. The number of aromatic amines is 1. The molecule has 0 radical (unpaired) electrons. The highest BCUT2D eigenvalue weighted by molar-refractivity contribution is 5.88. The van der Waals surface area contributed by atoms with E-state index in [0.717, 1.165) is 24.1 Å². The zero-order valence-corrected chi connectivity index (χ0v) is 15.4. The fourth-order valence-electron chi connectivity index (χ4n) is 3.94. The number of aryl methyl sites for hydroxylation is 2. The Hall–Kier alpha value is -3.59. The normalized spacial score (nSPS) is 15.2. The van der Waals surface area contributed by atoms with Crippen LogP contribution in [0.3, 0.4) is 0 Å². The Morgan fingerprint density at radius 1 is 1.36 bits per heavy atom.